The summed E-state index contributed by atoms with van der Waals surface area (Å²) in [7, 11) is 0. The van der Waals surface area contributed by atoms with Gasteiger partial charge in [0.1, 0.15) is 5.78 Å². The van der Waals surface area contributed by atoms with Gasteiger partial charge >= 0.3 is 6.03 Å². The smallest absolute Gasteiger partial charge is 0.314 e. The average molecular weight is 188 g/mol. The fourth-order valence-corrected chi connectivity index (χ4v) is 0.696. The lowest BCUT2D eigenvalue weighted by atomic mass is 10.3. The van der Waals surface area contributed by atoms with Crippen LogP contribution in [-0.4, -0.2) is 36.6 Å². The number of hydrogen-bond acceptors (Lipinski definition) is 3. The number of aliphatic hydroxyl groups excluding tert-OH is 1. The van der Waals surface area contributed by atoms with E-state index in [1.807, 2.05) is 0 Å². The number of ketones is 1. The van der Waals surface area contributed by atoms with Crippen molar-refractivity contribution < 1.29 is 14.7 Å². The third-order valence-electron chi connectivity index (χ3n) is 1.38. The second-order valence-corrected chi connectivity index (χ2v) is 2.71. The number of aliphatic hydroxyl groups is 1. The number of amides is 2. The summed E-state index contributed by atoms with van der Waals surface area (Å²) >= 11 is 0. The van der Waals surface area contributed by atoms with Gasteiger partial charge in [0.15, 0.2) is 0 Å². The molecule has 0 saturated heterocycles. The van der Waals surface area contributed by atoms with Crippen LogP contribution < -0.4 is 10.6 Å². The highest BCUT2D eigenvalue weighted by Crippen LogP contribution is 1.78. The molecule has 0 spiro atoms. The molecule has 0 bridgehead atoms. The normalized spacial score (nSPS) is 9.38. The number of hydrogen-bond donors (Lipinski definition) is 3. The summed E-state index contributed by atoms with van der Waals surface area (Å²) in [6.07, 6.45) is 0.896. The van der Waals surface area contributed by atoms with Crippen LogP contribution in [0.4, 0.5) is 4.79 Å². The quantitative estimate of drug-likeness (QED) is 0.498. The van der Waals surface area contributed by atoms with Crippen molar-refractivity contribution in [3.8, 4) is 0 Å². The number of rotatable bonds is 6. The van der Waals surface area contributed by atoms with Crippen LogP contribution in [0.5, 0.6) is 0 Å². The van der Waals surface area contributed by atoms with E-state index in [1.165, 1.54) is 6.92 Å². The lowest BCUT2D eigenvalue weighted by molar-refractivity contribution is -0.116. The fraction of sp³-hybridized carbons (Fsp3) is 0.750. The van der Waals surface area contributed by atoms with Crippen molar-refractivity contribution in [1.29, 1.82) is 0 Å². The highest BCUT2D eigenvalue weighted by Gasteiger charge is 1.98. The lowest BCUT2D eigenvalue weighted by Gasteiger charge is -2.05. The Morgan fingerprint density at radius 2 is 1.85 bits per heavy atom. The first kappa shape index (κ1) is 11.9. The summed E-state index contributed by atoms with van der Waals surface area (Å²) in [5, 5.41) is 13.5. The zero-order chi connectivity index (χ0) is 10.1. The summed E-state index contributed by atoms with van der Waals surface area (Å²) in [5.41, 5.74) is 0. The molecule has 5 heteroatoms. The Morgan fingerprint density at radius 3 is 2.38 bits per heavy atom. The van der Waals surface area contributed by atoms with E-state index in [9.17, 15) is 9.59 Å². The van der Waals surface area contributed by atoms with Crippen LogP contribution in [0.2, 0.25) is 0 Å². The highest BCUT2D eigenvalue weighted by molar-refractivity contribution is 5.77. The maximum atomic E-state index is 10.9. The number of urea groups is 1. The molecule has 0 aromatic heterocycles. The maximum Gasteiger partial charge on any atom is 0.314 e. The molecule has 0 saturated carbocycles. The first-order valence-corrected chi connectivity index (χ1v) is 4.29. The monoisotopic (exact) mass is 188 g/mol. The lowest BCUT2D eigenvalue weighted by Crippen LogP contribution is -2.37. The predicted molar refractivity (Wildman–Crippen MR) is 48.4 cm³/mol. The molecule has 5 nitrogen and oxygen atoms in total. The van der Waals surface area contributed by atoms with Crippen LogP contribution in [0.1, 0.15) is 19.8 Å². The molecule has 0 unspecified atom stereocenters. The molecule has 76 valence electrons. The maximum absolute atomic E-state index is 10.9. The van der Waals surface area contributed by atoms with E-state index in [-0.39, 0.29) is 18.4 Å². The van der Waals surface area contributed by atoms with Crippen LogP contribution in [0.3, 0.4) is 0 Å². The predicted octanol–water partition coefficient (Wildman–Crippen LogP) is -0.353. The van der Waals surface area contributed by atoms with Crippen LogP contribution in [0, 0.1) is 0 Å². The van der Waals surface area contributed by atoms with Gasteiger partial charge in [0.2, 0.25) is 0 Å². The molecule has 0 rings (SSSR count). The summed E-state index contributed by atoms with van der Waals surface area (Å²) < 4.78 is 0. The molecular formula is C8H16N2O3. The first-order chi connectivity index (χ1) is 6.16. The minimum Gasteiger partial charge on any atom is -0.396 e. The van der Waals surface area contributed by atoms with Crippen LogP contribution in [-0.2, 0) is 4.79 Å². The van der Waals surface area contributed by atoms with Gasteiger partial charge in [-0.15, -0.1) is 0 Å². The number of carbonyl (C=O) groups is 2. The third kappa shape index (κ3) is 8.81. The van der Waals surface area contributed by atoms with E-state index in [4.69, 9.17) is 5.11 Å². The Hall–Kier alpha value is -1.10. The molecule has 0 aliphatic rings. The summed E-state index contributed by atoms with van der Waals surface area (Å²) in [6.45, 7) is 2.35. The minimum absolute atomic E-state index is 0.0515. The summed E-state index contributed by atoms with van der Waals surface area (Å²) in [5.74, 6) is 0.0515. The van der Waals surface area contributed by atoms with Gasteiger partial charge in [-0.05, 0) is 13.3 Å². The molecule has 0 heterocycles. The van der Waals surface area contributed by atoms with Crippen molar-refractivity contribution in [2.24, 2.45) is 0 Å². The molecule has 0 aliphatic carbocycles. The van der Waals surface area contributed by atoms with Crippen molar-refractivity contribution >= 4 is 11.8 Å². The van der Waals surface area contributed by atoms with E-state index in [0.717, 1.165) is 0 Å². The van der Waals surface area contributed by atoms with Crippen LogP contribution >= 0.6 is 0 Å². The Morgan fingerprint density at radius 1 is 1.23 bits per heavy atom. The third-order valence-corrected chi connectivity index (χ3v) is 1.38. The van der Waals surface area contributed by atoms with Gasteiger partial charge < -0.3 is 15.7 Å². The largest absolute Gasteiger partial charge is 0.396 e. The standard InChI is InChI=1S/C8H16N2O3/c1-7(12)3-5-10-8(13)9-4-2-6-11/h11H,2-6H2,1H3,(H2,9,10,13). The van der Waals surface area contributed by atoms with Gasteiger partial charge in [0.25, 0.3) is 0 Å². The van der Waals surface area contributed by atoms with Gasteiger partial charge in [-0.2, -0.15) is 0 Å². The van der Waals surface area contributed by atoms with Gasteiger partial charge in [0.05, 0.1) is 0 Å². The van der Waals surface area contributed by atoms with E-state index in [0.29, 0.717) is 25.9 Å². The molecule has 0 aliphatic heterocycles. The van der Waals surface area contributed by atoms with E-state index in [1.54, 1.807) is 0 Å². The molecule has 3 N–H and O–H groups in total. The Balaban J connectivity index is 3.25. The van der Waals surface area contributed by atoms with Crippen molar-refractivity contribution in [2.45, 2.75) is 19.8 Å². The zero-order valence-corrected chi connectivity index (χ0v) is 7.80. The second kappa shape index (κ2) is 7.54. The molecular weight excluding hydrogens is 172 g/mol. The van der Waals surface area contributed by atoms with Crippen LogP contribution in [0.15, 0.2) is 0 Å². The summed E-state index contributed by atoms with van der Waals surface area (Å²) in [4.78, 5) is 21.4. The van der Waals surface area contributed by atoms with Crippen molar-refractivity contribution in [1.82, 2.24) is 10.6 Å². The highest BCUT2D eigenvalue weighted by atomic mass is 16.3. The van der Waals surface area contributed by atoms with Gasteiger partial charge in [-0.3, -0.25) is 4.79 Å². The Labute approximate surface area is 77.5 Å². The van der Waals surface area contributed by atoms with E-state index in [2.05, 4.69) is 10.6 Å². The molecule has 0 radical (unpaired) electrons. The Kier molecular flexibility index (Phi) is 6.91. The molecule has 13 heavy (non-hydrogen) atoms. The number of carbonyl (C=O) groups excluding carboxylic acids is 2. The number of nitrogens with one attached hydrogen (secondary N) is 2. The molecule has 0 fully saturated rings. The van der Waals surface area contributed by atoms with Crippen molar-refractivity contribution in [3.63, 3.8) is 0 Å². The van der Waals surface area contributed by atoms with Crippen molar-refractivity contribution in [2.75, 3.05) is 19.7 Å². The van der Waals surface area contributed by atoms with E-state index >= 15 is 0 Å². The second-order valence-electron chi connectivity index (χ2n) is 2.71. The average Bonchev–Trinajstić information content (AvgIpc) is 2.04. The van der Waals surface area contributed by atoms with Gasteiger partial charge in [-0.1, -0.05) is 0 Å². The topological polar surface area (TPSA) is 78.4 Å². The van der Waals surface area contributed by atoms with Crippen molar-refractivity contribution in [3.05, 3.63) is 0 Å². The zero-order valence-electron chi connectivity index (χ0n) is 7.80. The first-order valence-electron chi connectivity index (χ1n) is 4.29. The van der Waals surface area contributed by atoms with Gasteiger partial charge in [0, 0.05) is 26.1 Å². The number of Topliss-reactive ketones (excluding diaryl/α,β-unsaturated/α-hetero) is 1. The molecule has 0 aromatic rings. The minimum atomic E-state index is -0.297. The summed E-state index contributed by atoms with van der Waals surface area (Å²) in [6, 6.07) is -0.297. The van der Waals surface area contributed by atoms with E-state index < -0.39 is 0 Å². The van der Waals surface area contributed by atoms with Crippen LogP contribution in [0.25, 0.3) is 0 Å². The molecule has 0 aromatic carbocycles. The SMILES string of the molecule is CC(=O)CCNC(=O)NCCCO. The Bertz CT molecular complexity index is 171. The molecule has 0 atom stereocenters. The fourth-order valence-electron chi connectivity index (χ4n) is 0.696. The van der Waals surface area contributed by atoms with Gasteiger partial charge in [-0.25, -0.2) is 4.79 Å². The molecule has 2 amide bonds.